The average molecular weight is 845 g/mol. The van der Waals surface area contributed by atoms with Gasteiger partial charge in [-0.05, 0) is 46.0 Å². The van der Waals surface area contributed by atoms with Gasteiger partial charge in [0, 0.05) is 11.1 Å². The van der Waals surface area contributed by atoms with Crippen molar-refractivity contribution in [2.45, 2.75) is 23.6 Å². The summed E-state index contributed by atoms with van der Waals surface area (Å²) in [6.45, 7) is -0.215. The molecule has 306 valence electrons. The predicted octanol–water partition coefficient (Wildman–Crippen LogP) is 5.96. The molecule has 7 rings (SSSR count). The number of nitrogens with zero attached hydrogens (tertiary/aromatic N) is 3. The van der Waals surface area contributed by atoms with E-state index in [1.165, 1.54) is 41.2 Å². The van der Waals surface area contributed by atoms with E-state index in [9.17, 15) is 19.2 Å². The lowest BCUT2D eigenvalue weighted by Gasteiger charge is -2.49. The van der Waals surface area contributed by atoms with Gasteiger partial charge in [-0.3, -0.25) is 14.5 Å². The molecule has 1 saturated heterocycles. The second kappa shape index (κ2) is 18.8. The second-order valence-corrected chi connectivity index (χ2v) is 15.3. The number of rotatable bonds is 16. The molecule has 16 heteroatoms. The Morgan fingerprint density at radius 2 is 1.52 bits per heavy atom. The summed E-state index contributed by atoms with van der Waals surface area (Å²) in [6.07, 6.45) is 2.13. The lowest BCUT2D eigenvalue weighted by Crippen LogP contribution is -2.71. The van der Waals surface area contributed by atoms with Crippen molar-refractivity contribution in [2.24, 2.45) is 10.9 Å². The van der Waals surface area contributed by atoms with Crippen LogP contribution in [-0.4, -0.2) is 77.5 Å². The second-order valence-electron chi connectivity index (χ2n) is 13.3. The van der Waals surface area contributed by atoms with Gasteiger partial charge in [0.1, 0.15) is 54.4 Å². The Morgan fingerprint density at radius 1 is 0.900 bits per heavy atom. The number of amides is 3. The van der Waals surface area contributed by atoms with Gasteiger partial charge in [-0.1, -0.05) is 114 Å². The van der Waals surface area contributed by atoms with Crippen molar-refractivity contribution in [1.29, 1.82) is 0 Å². The van der Waals surface area contributed by atoms with Gasteiger partial charge >= 0.3 is 12.1 Å². The zero-order chi connectivity index (χ0) is 42.1. The number of thioether (sulfide) groups is 1. The van der Waals surface area contributed by atoms with Gasteiger partial charge in [-0.2, -0.15) is 0 Å². The summed E-state index contributed by atoms with van der Waals surface area (Å²) in [7, 11) is 2.87. The summed E-state index contributed by atoms with van der Waals surface area (Å²) in [5.74, 6) is -1.06. The Hall–Kier alpha value is -6.91. The Morgan fingerprint density at radius 3 is 2.08 bits per heavy atom. The number of fused-ring (bicyclic) bond motifs is 1. The van der Waals surface area contributed by atoms with E-state index >= 15 is 0 Å². The number of nitrogens with two attached hydrogens (primary N) is 1. The number of thiazole rings is 1. The summed E-state index contributed by atoms with van der Waals surface area (Å²) in [5.41, 5.74) is 8.37. The van der Waals surface area contributed by atoms with Gasteiger partial charge in [0.2, 0.25) is 0 Å². The summed E-state index contributed by atoms with van der Waals surface area (Å²) >= 11 is 2.62. The lowest BCUT2D eigenvalue weighted by atomic mass is 9.77. The van der Waals surface area contributed by atoms with Crippen LogP contribution >= 0.6 is 23.1 Å². The minimum absolute atomic E-state index is 0.0119. The number of methoxy groups -OCH3 is 1. The minimum atomic E-state index is -1.02. The third-order valence-electron chi connectivity index (χ3n) is 9.71. The van der Waals surface area contributed by atoms with Gasteiger partial charge < -0.3 is 35.4 Å². The van der Waals surface area contributed by atoms with Crippen LogP contribution in [0.3, 0.4) is 0 Å². The van der Waals surface area contributed by atoms with Crippen LogP contribution in [0.5, 0.6) is 5.75 Å². The minimum Gasteiger partial charge on any atom is -0.497 e. The van der Waals surface area contributed by atoms with E-state index in [0.717, 1.165) is 16.7 Å². The molecule has 3 amide bonds. The number of β-lactam (4-membered cyclic amide) rings is 1. The first-order valence-corrected chi connectivity index (χ1v) is 20.6. The molecule has 14 nitrogen and oxygen atoms in total. The molecule has 3 heterocycles. The van der Waals surface area contributed by atoms with Gasteiger partial charge in [0.15, 0.2) is 10.8 Å². The molecule has 2 aliphatic rings. The zero-order valence-corrected chi connectivity index (χ0v) is 34.1. The van der Waals surface area contributed by atoms with Gasteiger partial charge in [0.05, 0.1) is 7.11 Å². The van der Waals surface area contributed by atoms with Crippen LogP contribution in [0.4, 0.5) is 9.93 Å². The lowest BCUT2D eigenvalue weighted by molar-refractivity contribution is -0.153. The molecule has 1 unspecified atom stereocenters. The highest BCUT2D eigenvalue weighted by Crippen LogP contribution is 2.42. The number of aromatic nitrogens is 1. The molecule has 4 N–H and O–H groups in total. The van der Waals surface area contributed by atoms with Crippen molar-refractivity contribution in [3.05, 3.63) is 172 Å². The summed E-state index contributed by atoms with van der Waals surface area (Å²) < 4.78 is 15.7. The Balaban J connectivity index is 1.12. The molecule has 60 heavy (non-hydrogen) atoms. The molecule has 5 aromatic rings. The first kappa shape index (κ1) is 41.3. The number of ether oxygens (including phenoxy) is 3. The number of primary amides is 1. The van der Waals surface area contributed by atoms with Gasteiger partial charge in [-0.25, -0.2) is 14.6 Å². The topological polar surface area (TPSA) is 184 Å². The van der Waals surface area contributed by atoms with E-state index in [4.69, 9.17) is 29.8 Å². The van der Waals surface area contributed by atoms with Crippen LogP contribution in [0.2, 0.25) is 0 Å². The molecule has 0 aliphatic carbocycles. The molecule has 4 aromatic carbocycles. The number of esters is 1. The molecule has 0 spiro atoms. The maximum absolute atomic E-state index is 14.0. The van der Waals surface area contributed by atoms with Crippen molar-refractivity contribution in [3.63, 3.8) is 0 Å². The standard InChI is InChI=1S/C44H40N6O8S2/c1-55-33-22-20-28(21-23-33)25-58-41(53)37-29(13-12-24-57-42(45)54)26-59-40-36(39(52)50(37)40)47-38(51)35(49-56-2)34-27-60-43(46-34)48-44(30-14-6-3-7-15-30,31-16-8-4-9-17-31)32-18-10-5-11-19-32/h3-23,27,36,40H,24-26H2,1-2H3,(H2,45,54)(H,46,48)(H,47,51)/b13-12-,49-35-/t36?,40-/m1/s1. The van der Waals surface area contributed by atoms with Crippen LogP contribution < -0.4 is 21.1 Å². The van der Waals surface area contributed by atoms with Crippen LogP contribution in [0.1, 0.15) is 27.9 Å². The summed E-state index contributed by atoms with van der Waals surface area (Å²) in [5, 5.41) is 12.1. The Labute approximate surface area is 354 Å². The number of carbonyl (C=O) groups excluding carboxylic acids is 4. The number of anilines is 1. The first-order valence-electron chi connectivity index (χ1n) is 18.6. The Kier molecular flexibility index (Phi) is 12.9. The highest BCUT2D eigenvalue weighted by atomic mass is 32.2. The number of hydrogen-bond donors (Lipinski definition) is 3. The van der Waals surface area contributed by atoms with E-state index in [2.05, 4.69) is 15.8 Å². The maximum Gasteiger partial charge on any atom is 0.404 e. The van der Waals surface area contributed by atoms with Crippen LogP contribution in [0.15, 0.2) is 149 Å². The van der Waals surface area contributed by atoms with Gasteiger partial charge in [-0.15, -0.1) is 23.1 Å². The normalized spacial score (nSPS) is 16.4. The van der Waals surface area contributed by atoms with Gasteiger partial charge in [0.25, 0.3) is 11.8 Å². The predicted molar refractivity (Wildman–Crippen MR) is 228 cm³/mol. The van der Waals surface area contributed by atoms with Crippen molar-refractivity contribution in [1.82, 2.24) is 15.2 Å². The number of oxime groups is 1. The smallest absolute Gasteiger partial charge is 0.404 e. The Bertz CT molecular complexity index is 2330. The molecule has 2 atom stereocenters. The van der Waals surface area contributed by atoms with E-state index in [1.807, 2.05) is 91.0 Å². The number of nitrogens with one attached hydrogen (secondary N) is 2. The molecular formula is C44H40N6O8S2. The van der Waals surface area contributed by atoms with Crippen molar-refractivity contribution in [2.75, 3.05) is 31.9 Å². The number of allylic oxidation sites excluding steroid dienone is 1. The SMILES string of the molecule is CO/N=C(\C(=O)NC1C(=O)N2C(C(=O)OCc3ccc(OC)cc3)=C(/C=C\COC(N)=O)CS[C@H]12)c1csc(NC(c2ccccc2)(c2ccccc2)c2ccccc2)n1. The quantitative estimate of drug-likeness (QED) is 0.0351. The highest BCUT2D eigenvalue weighted by Gasteiger charge is 2.54. The maximum atomic E-state index is 14.0. The monoisotopic (exact) mass is 844 g/mol. The zero-order valence-electron chi connectivity index (χ0n) is 32.5. The molecule has 1 aromatic heterocycles. The van der Waals surface area contributed by atoms with E-state index in [-0.39, 0.29) is 36.1 Å². The van der Waals surface area contributed by atoms with Crippen molar-refractivity contribution in [3.8, 4) is 5.75 Å². The number of carbonyl (C=O) groups is 4. The van der Waals surface area contributed by atoms with E-state index < -0.39 is 40.8 Å². The third kappa shape index (κ3) is 8.74. The van der Waals surface area contributed by atoms with E-state index in [1.54, 1.807) is 42.8 Å². The fourth-order valence-electron chi connectivity index (χ4n) is 6.91. The molecule has 2 aliphatic heterocycles. The first-order chi connectivity index (χ1) is 29.2. The molecule has 1 fully saturated rings. The highest BCUT2D eigenvalue weighted by molar-refractivity contribution is 8.00. The fourth-order valence-corrected chi connectivity index (χ4v) is 8.98. The largest absolute Gasteiger partial charge is 0.497 e. The summed E-state index contributed by atoms with van der Waals surface area (Å²) in [6, 6.07) is 36.1. The van der Waals surface area contributed by atoms with Crippen molar-refractivity contribution < 1.29 is 38.2 Å². The molecule has 0 saturated carbocycles. The molecule has 0 bridgehead atoms. The van der Waals surface area contributed by atoms with Crippen LogP contribution in [0.25, 0.3) is 0 Å². The van der Waals surface area contributed by atoms with Crippen LogP contribution in [0, 0.1) is 0 Å². The number of hydrogen-bond acceptors (Lipinski definition) is 13. The van der Waals surface area contributed by atoms with Crippen LogP contribution in [-0.2, 0) is 40.8 Å². The van der Waals surface area contributed by atoms with Crippen molar-refractivity contribution >= 4 is 57.8 Å². The fraction of sp³-hybridized carbons (Fsp3) is 0.182. The number of benzene rings is 4. The molecule has 0 radical (unpaired) electrons. The molecular weight excluding hydrogens is 805 g/mol. The average Bonchev–Trinajstić information content (AvgIpc) is 3.75. The third-order valence-corrected chi connectivity index (χ3v) is 11.8. The van der Waals surface area contributed by atoms with E-state index in [0.29, 0.717) is 22.0 Å². The summed E-state index contributed by atoms with van der Waals surface area (Å²) in [4.78, 5) is 63.9.